The molecule has 1 atom stereocenters. The molecule has 29 heavy (non-hydrogen) atoms. The molecule has 164 valence electrons. The number of carbonyl (C=O) groups excluding carboxylic acids is 2. The molecule has 0 saturated heterocycles. The molecule has 0 saturated carbocycles. The summed E-state index contributed by atoms with van der Waals surface area (Å²) >= 11 is 0. The van der Waals surface area contributed by atoms with Crippen LogP contribution in [0.25, 0.3) is 0 Å². The zero-order valence-corrected chi connectivity index (χ0v) is 18.3. The molecule has 0 aliphatic carbocycles. The highest BCUT2D eigenvalue weighted by molar-refractivity contribution is 5.92. The fourth-order valence-corrected chi connectivity index (χ4v) is 2.78. The first-order valence-corrected chi connectivity index (χ1v) is 11.0. The van der Waals surface area contributed by atoms with Gasteiger partial charge in [0.2, 0.25) is 0 Å². The summed E-state index contributed by atoms with van der Waals surface area (Å²) in [5.41, 5.74) is 1.11. The Hall–Kier alpha value is -2.08. The number of ether oxygens (including phenoxy) is 2. The molecule has 1 rings (SSSR count). The first-order valence-electron chi connectivity index (χ1n) is 11.0. The highest BCUT2D eigenvalue weighted by atomic mass is 16.5. The molecule has 1 unspecified atom stereocenters. The molecule has 0 radical (unpaired) electrons. The molecule has 0 aliphatic heterocycles. The topological polar surface area (TPSA) is 76.7 Å². The van der Waals surface area contributed by atoms with Gasteiger partial charge in [-0.25, -0.2) is 9.59 Å². The van der Waals surface area contributed by atoms with Crippen LogP contribution in [-0.2, 0) is 9.47 Å². The molecule has 0 aliphatic rings. The van der Waals surface area contributed by atoms with Crippen LogP contribution in [0, 0.1) is 5.92 Å². The third-order valence-corrected chi connectivity index (χ3v) is 4.76. The number of nitrogens with one attached hydrogen (secondary N) is 2. The number of esters is 1. The molecule has 1 aromatic rings. The van der Waals surface area contributed by atoms with Gasteiger partial charge in [-0.05, 0) is 49.4 Å². The summed E-state index contributed by atoms with van der Waals surface area (Å²) in [6, 6.07) is 6.43. The Balaban J connectivity index is 2.19. The molecular weight excluding hydrogens is 368 g/mol. The summed E-state index contributed by atoms with van der Waals surface area (Å²) in [5, 5.41) is 5.58. The molecule has 1 aromatic carbocycles. The van der Waals surface area contributed by atoms with E-state index in [1.165, 1.54) is 19.3 Å². The van der Waals surface area contributed by atoms with Gasteiger partial charge in [0.1, 0.15) is 0 Å². The van der Waals surface area contributed by atoms with Crippen molar-refractivity contribution in [3.05, 3.63) is 29.8 Å². The van der Waals surface area contributed by atoms with E-state index in [0.717, 1.165) is 32.3 Å². The Morgan fingerprint density at radius 3 is 2.34 bits per heavy atom. The van der Waals surface area contributed by atoms with E-state index < -0.39 is 0 Å². The van der Waals surface area contributed by atoms with Crippen LogP contribution in [0.15, 0.2) is 24.3 Å². The maximum Gasteiger partial charge on any atom is 0.338 e. The van der Waals surface area contributed by atoms with Crippen LogP contribution < -0.4 is 10.6 Å². The average molecular weight is 407 g/mol. The van der Waals surface area contributed by atoms with E-state index in [9.17, 15) is 9.59 Å². The highest BCUT2D eigenvalue weighted by Gasteiger charge is 2.08. The van der Waals surface area contributed by atoms with Gasteiger partial charge in [-0.1, -0.05) is 46.5 Å². The summed E-state index contributed by atoms with van der Waals surface area (Å²) in [6.45, 7) is 8.90. The monoisotopic (exact) mass is 406 g/mol. The second-order valence-corrected chi connectivity index (χ2v) is 7.29. The van der Waals surface area contributed by atoms with E-state index in [1.54, 1.807) is 24.3 Å². The van der Waals surface area contributed by atoms with Crippen molar-refractivity contribution in [2.24, 2.45) is 5.92 Å². The number of unbranched alkanes of at least 4 members (excludes halogenated alkanes) is 2. The SMILES string of the molecule is CCCCOC(=O)c1ccc(NC(=O)NCCCOCC(CC)CCCC)cc1. The molecule has 6 nitrogen and oxygen atoms in total. The Morgan fingerprint density at radius 1 is 0.966 bits per heavy atom. The van der Waals surface area contributed by atoms with Crippen molar-refractivity contribution in [3.8, 4) is 0 Å². The smallest absolute Gasteiger partial charge is 0.338 e. The lowest BCUT2D eigenvalue weighted by molar-refractivity contribution is 0.0499. The standard InChI is InChI=1S/C23H38N2O4/c1-4-7-10-19(6-3)18-28-16-9-15-24-23(27)25-21-13-11-20(12-14-21)22(26)29-17-8-5-2/h11-14,19H,4-10,15-18H2,1-3H3,(H2,24,25,27). The molecule has 6 heteroatoms. The minimum atomic E-state index is -0.338. The number of hydrogen-bond acceptors (Lipinski definition) is 4. The quantitative estimate of drug-likeness (QED) is 0.302. The van der Waals surface area contributed by atoms with E-state index in [0.29, 0.717) is 36.9 Å². The first kappa shape index (κ1) is 25.0. The zero-order chi connectivity index (χ0) is 21.3. The fourth-order valence-electron chi connectivity index (χ4n) is 2.78. The molecule has 0 heterocycles. The van der Waals surface area contributed by atoms with Gasteiger partial charge in [0.25, 0.3) is 0 Å². The third kappa shape index (κ3) is 11.5. The number of urea groups is 1. The van der Waals surface area contributed by atoms with Crippen LogP contribution in [0.1, 0.15) is 76.1 Å². The summed E-state index contributed by atoms with van der Waals surface area (Å²) < 4.78 is 10.9. The molecule has 0 aromatic heterocycles. The summed E-state index contributed by atoms with van der Waals surface area (Å²) in [5.74, 6) is 0.299. The highest BCUT2D eigenvalue weighted by Crippen LogP contribution is 2.13. The Kier molecular flexibility index (Phi) is 13.6. The van der Waals surface area contributed by atoms with Gasteiger partial charge >= 0.3 is 12.0 Å². The van der Waals surface area contributed by atoms with Gasteiger partial charge in [0.05, 0.1) is 12.2 Å². The van der Waals surface area contributed by atoms with Gasteiger partial charge in [-0.2, -0.15) is 0 Å². The predicted octanol–water partition coefficient (Wildman–Crippen LogP) is 5.39. The Morgan fingerprint density at radius 2 is 1.69 bits per heavy atom. The number of amides is 2. The van der Waals surface area contributed by atoms with E-state index in [-0.39, 0.29) is 12.0 Å². The summed E-state index contributed by atoms with van der Waals surface area (Å²) in [4.78, 5) is 23.8. The number of anilines is 1. The lowest BCUT2D eigenvalue weighted by atomic mass is 10.0. The lowest BCUT2D eigenvalue weighted by Gasteiger charge is -2.14. The van der Waals surface area contributed by atoms with Crippen LogP contribution in [0.4, 0.5) is 10.5 Å². The largest absolute Gasteiger partial charge is 0.462 e. The van der Waals surface area contributed by atoms with Gasteiger partial charge < -0.3 is 20.1 Å². The second-order valence-electron chi connectivity index (χ2n) is 7.29. The summed E-state index contributed by atoms with van der Waals surface area (Å²) in [7, 11) is 0. The summed E-state index contributed by atoms with van der Waals surface area (Å²) in [6.07, 6.45) is 7.47. The number of rotatable bonds is 15. The molecule has 0 spiro atoms. The van der Waals surface area contributed by atoms with E-state index in [2.05, 4.69) is 24.5 Å². The predicted molar refractivity (Wildman–Crippen MR) is 117 cm³/mol. The molecular formula is C23H38N2O4. The van der Waals surface area contributed by atoms with Crippen molar-refractivity contribution in [2.75, 3.05) is 31.7 Å². The maximum absolute atomic E-state index is 12.0. The van der Waals surface area contributed by atoms with E-state index in [1.807, 2.05) is 6.92 Å². The van der Waals surface area contributed by atoms with E-state index >= 15 is 0 Å². The molecule has 0 bridgehead atoms. The van der Waals surface area contributed by atoms with Crippen molar-refractivity contribution >= 4 is 17.7 Å². The fraction of sp³-hybridized carbons (Fsp3) is 0.652. The minimum absolute atomic E-state index is 0.266. The Labute approximate surface area is 175 Å². The molecule has 2 N–H and O–H groups in total. The van der Waals surface area contributed by atoms with Crippen molar-refractivity contribution in [3.63, 3.8) is 0 Å². The van der Waals surface area contributed by atoms with Crippen molar-refractivity contribution in [1.29, 1.82) is 0 Å². The number of carbonyl (C=O) groups is 2. The van der Waals surface area contributed by atoms with Crippen molar-refractivity contribution in [2.45, 2.75) is 65.7 Å². The normalized spacial score (nSPS) is 11.7. The van der Waals surface area contributed by atoms with Gasteiger partial charge in [0, 0.05) is 25.4 Å². The van der Waals surface area contributed by atoms with Gasteiger partial charge in [-0.3, -0.25) is 0 Å². The third-order valence-electron chi connectivity index (χ3n) is 4.76. The van der Waals surface area contributed by atoms with Crippen LogP contribution >= 0.6 is 0 Å². The zero-order valence-electron chi connectivity index (χ0n) is 18.3. The first-order chi connectivity index (χ1) is 14.1. The average Bonchev–Trinajstić information content (AvgIpc) is 2.73. The van der Waals surface area contributed by atoms with Crippen molar-refractivity contribution in [1.82, 2.24) is 5.32 Å². The van der Waals surface area contributed by atoms with Crippen LogP contribution in [-0.4, -0.2) is 38.4 Å². The van der Waals surface area contributed by atoms with Crippen LogP contribution in [0.3, 0.4) is 0 Å². The van der Waals surface area contributed by atoms with Gasteiger partial charge in [-0.15, -0.1) is 0 Å². The number of hydrogen-bond donors (Lipinski definition) is 2. The molecule has 2 amide bonds. The minimum Gasteiger partial charge on any atom is -0.462 e. The lowest BCUT2D eigenvalue weighted by Crippen LogP contribution is -2.30. The van der Waals surface area contributed by atoms with Crippen LogP contribution in [0.5, 0.6) is 0 Å². The van der Waals surface area contributed by atoms with Crippen molar-refractivity contribution < 1.29 is 19.1 Å². The number of benzene rings is 1. The maximum atomic E-state index is 12.0. The second kappa shape index (κ2) is 15.8. The van der Waals surface area contributed by atoms with Crippen LogP contribution in [0.2, 0.25) is 0 Å². The van der Waals surface area contributed by atoms with Gasteiger partial charge in [0.15, 0.2) is 0 Å². The Bertz CT molecular complexity index is 575. The van der Waals surface area contributed by atoms with E-state index in [4.69, 9.17) is 9.47 Å². The molecule has 0 fully saturated rings.